The average molecular weight is 325 g/mol. The van der Waals surface area contributed by atoms with Gasteiger partial charge in [-0.2, -0.15) is 0 Å². The van der Waals surface area contributed by atoms with Gasteiger partial charge in [0.05, 0.1) is 11.5 Å². The summed E-state index contributed by atoms with van der Waals surface area (Å²) >= 11 is 0. The summed E-state index contributed by atoms with van der Waals surface area (Å²) in [4.78, 5) is 10.4. The fraction of sp³-hybridized carbons (Fsp3) is 0.125. The molecule has 0 spiro atoms. The van der Waals surface area contributed by atoms with E-state index in [-0.39, 0.29) is 22.8 Å². The molecule has 1 unspecified atom stereocenters. The molecule has 8 heteroatoms. The smallest absolute Gasteiger partial charge is 0.301 e. The molecule has 1 aliphatic rings. The van der Waals surface area contributed by atoms with E-state index >= 15 is 0 Å². The molecule has 0 fully saturated rings. The first-order valence-electron chi connectivity index (χ1n) is 7.18. The van der Waals surface area contributed by atoms with Crippen LogP contribution in [0, 0.1) is 10.1 Å². The number of nitrogens with zero attached hydrogens (tertiary/aromatic N) is 3. The van der Waals surface area contributed by atoms with E-state index in [1.165, 1.54) is 12.1 Å². The van der Waals surface area contributed by atoms with Crippen LogP contribution >= 0.6 is 0 Å². The highest BCUT2D eigenvalue weighted by atomic mass is 16.6. The van der Waals surface area contributed by atoms with Crippen LogP contribution < -0.4 is 4.74 Å². The first-order chi connectivity index (χ1) is 11.7. The van der Waals surface area contributed by atoms with Crippen LogP contribution in [0.3, 0.4) is 0 Å². The van der Waals surface area contributed by atoms with Gasteiger partial charge < -0.3 is 9.47 Å². The van der Waals surface area contributed by atoms with E-state index in [1.807, 2.05) is 24.3 Å². The maximum Gasteiger partial charge on any atom is 0.301 e. The zero-order valence-corrected chi connectivity index (χ0v) is 12.3. The molecule has 2 aromatic carbocycles. The Labute approximate surface area is 135 Å². The highest BCUT2D eigenvalue weighted by molar-refractivity contribution is 5.88. The van der Waals surface area contributed by atoms with Crippen molar-refractivity contribution < 1.29 is 19.0 Å². The Bertz CT molecular complexity index is 933. The standard InChI is InChI=1S/C16H11N3O5/c20-19(21)12-7-8-14(16-15(12)17-24-18-16)23-11-5-3-10(4-6-11)13-2-1-9-22-13/h1-8,13H,9H2. The molecule has 24 heavy (non-hydrogen) atoms. The van der Waals surface area contributed by atoms with Gasteiger partial charge in [-0.25, -0.2) is 4.63 Å². The Morgan fingerprint density at radius 3 is 2.62 bits per heavy atom. The van der Waals surface area contributed by atoms with E-state index in [0.29, 0.717) is 18.1 Å². The third kappa shape index (κ3) is 2.48. The lowest BCUT2D eigenvalue weighted by atomic mass is 10.1. The van der Waals surface area contributed by atoms with E-state index in [9.17, 15) is 10.1 Å². The molecule has 120 valence electrons. The molecule has 0 radical (unpaired) electrons. The van der Waals surface area contributed by atoms with E-state index < -0.39 is 4.92 Å². The predicted molar refractivity (Wildman–Crippen MR) is 82.8 cm³/mol. The predicted octanol–water partition coefficient (Wildman–Crippen LogP) is 3.55. The molecular weight excluding hydrogens is 314 g/mol. The first kappa shape index (κ1) is 14.3. The number of hydrogen-bond donors (Lipinski definition) is 0. The highest BCUT2D eigenvalue weighted by Gasteiger charge is 2.21. The number of non-ortho nitro benzene ring substituents is 1. The number of ether oxygens (including phenoxy) is 2. The van der Waals surface area contributed by atoms with Crippen molar-refractivity contribution in [2.24, 2.45) is 0 Å². The van der Waals surface area contributed by atoms with E-state index in [1.54, 1.807) is 12.1 Å². The highest BCUT2D eigenvalue weighted by Crippen LogP contribution is 2.34. The van der Waals surface area contributed by atoms with Gasteiger partial charge in [0.2, 0.25) is 5.52 Å². The van der Waals surface area contributed by atoms with Crippen molar-refractivity contribution >= 4 is 16.7 Å². The topological polar surface area (TPSA) is 101 Å². The molecule has 0 saturated heterocycles. The quantitative estimate of drug-likeness (QED) is 0.410. The second-order valence-corrected chi connectivity index (χ2v) is 5.15. The summed E-state index contributed by atoms with van der Waals surface area (Å²) in [5.41, 5.74) is 1.10. The molecule has 0 aliphatic carbocycles. The van der Waals surface area contributed by atoms with Gasteiger partial charge in [-0.15, -0.1) is 0 Å². The summed E-state index contributed by atoms with van der Waals surface area (Å²) in [7, 11) is 0. The van der Waals surface area contributed by atoms with Crippen molar-refractivity contribution in [3.63, 3.8) is 0 Å². The largest absolute Gasteiger partial charge is 0.455 e. The Balaban J connectivity index is 1.62. The Kier molecular flexibility index (Phi) is 3.43. The maximum atomic E-state index is 11.0. The van der Waals surface area contributed by atoms with E-state index in [4.69, 9.17) is 9.47 Å². The lowest BCUT2D eigenvalue weighted by Gasteiger charge is -2.10. The molecule has 0 amide bonds. The number of hydrogen-bond acceptors (Lipinski definition) is 7. The first-order valence-corrected chi connectivity index (χ1v) is 7.18. The zero-order valence-electron chi connectivity index (χ0n) is 12.3. The van der Waals surface area contributed by atoms with Crippen molar-refractivity contribution in [3.8, 4) is 11.5 Å². The van der Waals surface area contributed by atoms with Crippen LogP contribution in [-0.4, -0.2) is 21.8 Å². The third-order valence-electron chi connectivity index (χ3n) is 3.67. The number of nitro groups is 1. The maximum absolute atomic E-state index is 11.0. The van der Waals surface area contributed by atoms with Crippen LogP contribution in [0.1, 0.15) is 11.7 Å². The van der Waals surface area contributed by atoms with Crippen molar-refractivity contribution in [1.29, 1.82) is 0 Å². The van der Waals surface area contributed by atoms with Crippen molar-refractivity contribution in [2.75, 3.05) is 6.61 Å². The molecule has 4 rings (SSSR count). The van der Waals surface area contributed by atoms with Gasteiger partial charge >= 0.3 is 5.69 Å². The fourth-order valence-corrected chi connectivity index (χ4v) is 2.51. The molecule has 1 atom stereocenters. The van der Waals surface area contributed by atoms with Gasteiger partial charge in [0.25, 0.3) is 0 Å². The van der Waals surface area contributed by atoms with Crippen LogP contribution in [0.5, 0.6) is 11.5 Å². The van der Waals surface area contributed by atoms with Crippen LogP contribution in [0.15, 0.2) is 53.2 Å². The summed E-state index contributed by atoms with van der Waals surface area (Å²) in [5.74, 6) is 0.903. The fourth-order valence-electron chi connectivity index (χ4n) is 2.51. The molecule has 0 bridgehead atoms. The van der Waals surface area contributed by atoms with Gasteiger partial charge in [-0.05, 0) is 34.1 Å². The summed E-state index contributed by atoms with van der Waals surface area (Å²) in [6.45, 7) is 0.614. The second-order valence-electron chi connectivity index (χ2n) is 5.15. The number of benzene rings is 2. The summed E-state index contributed by atoms with van der Waals surface area (Å²) in [6, 6.07) is 10.2. The summed E-state index contributed by atoms with van der Waals surface area (Å²) in [6.07, 6.45) is 3.93. The average Bonchev–Trinajstić information content (AvgIpc) is 3.27. The molecule has 1 aromatic heterocycles. The van der Waals surface area contributed by atoms with Gasteiger partial charge in [0.15, 0.2) is 11.3 Å². The third-order valence-corrected chi connectivity index (χ3v) is 3.67. The normalized spacial score (nSPS) is 16.6. The molecule has 8 nitrogen and oxygen atoms in total. The van der Waals surface area contributed by atoms with E-state index in [2.05, 4.69) is 14.9 Å². The van der Waals surface area contributed by atoms with Gasteiger partial charge in [0, 0.05) is 6.07 Å². The SMILES string of the molecule is O=[N+]([O-])c1ccc(Oc2ccc(C3C=CCO3)cc2)c2nonc12. The monoisotopic (exact) mass is 325 g/mol. The van der Waals surface area contributed by atoms with Crippen molar-refractivity contribution in [1.82, 2.24) is 10.3 Å². The molecule has 0 N–H and O–H groups in total. The molecular formula is C16H11N3O5. The summed E-state index contributed by atoms with van der Waals surface area (Å²) in [5, 5.41) is 18.3. The van der Waals surface area contributed by atoms with Gasteiger partial charge in [0.1, 0.15) is 11.9 Å². The number of rotatable bonds is 4. The summed E-state index contributed by atoms with van der Waals surface area (Å²) < 4.78 is 15.9. The van der Waals surface area contributed by atoms with Crippen molar-refractivity contribution in [3.05, 3.63) is 64.2 Å². The Morgan fingerprint density at radius 1 is 1.12 bits per heavy atom. The van der Waals surface area contributed by atoms with Crippen LogP contribution in [0.2, 0.25) is 0 Å². The lowest BCUT2D eigenvalue weighted by Crippen LogP contribution is -1.95. The lowest BCUT2D eigenvalue weighted by molar-refractivity contribution is -0.383. The number of nitro benzene ring substituents is 1. The van der Waals surface area contributed by atoms with Crippen LogP contribution in [0.4, 0.5) is 5.69 Å². The van der Waals surface area contributed by atoms with Crippen LogP contribution in [0.25, 0.3) is 11.0 Å². The Hall–Kier alpha value is -3.26. The van der Waals surface area contributed by atoms with Crippen molar-refractivity contribution in [2.45, 2.75) is 6.10 Å². The van der Waals surface area contributed by atoms with Gasteiger partial charge in [-0.1, -0.05) is 24.3 Å². The molecule has 0 saturated carbocycles. The minimum Gasteiger partial charge on any atom is -0.455 e. The number of fused-ring (bicyclic) bond motifs is 1. The minimum atomic E-state index is -0.541. The number of aromatic nitrogens is 2. The van der Waals surface area contributed by atoms with E-state index in [0.717, 1.165) is 5.56 Å². The minimum absolute atomic E-state index is 0.0372. The molecule has 1 aliphatic heterocycles. The molecule has 3 aromatic rings. The Morgan fingerprint density at radius 2 is 1.92 bits per heavy atom. The molecule has 2 heterocycles. The second kappa shape index (κ2) is 5.74. The zero-order chi connectivity index (χ0) is 16.5. The van der Waals surface area contributed by atoms with Gasteiger partial charge in [-0.3, -0.25) is 10.1 Å². The van der Waals surface area contributed by atoms with Crippen LogP contribution in [-0.2, 0) is 4.74 Å².